The van der Waals surface area contributed by atoms with Crippen LogP contribution < -0.4 is 9.80 Å². The number of esters is 1. The quantitative estimate of drug-likeness (QED) is 0.102. The Kier molecular flexibility index (Phi) is 18.5. The lowest BCUT2D eigenvalue weighted by molar-refractivity contribution is -0.141. The number of hydrogen-bond acceptors (Lipinski definition) is 13. The zero-order valence-corrected chi connectivity index (χ0v) is 48.5. The number of carbonyl (C=O) groups excluding carboxylic acids is 1. The summed E-state index contributed by atoms with van der Waals surface area (Å²) in [6.07, 6.45) is 11.5. The average Bonchev–Trinajstić information content (AvgIpc) is 3.98. The Labute approximate surface area is 472 Å². The molecule has 0 saturated carbocycles. The van der Waals surface area contributed by atoms with Crippen molar-refractivity contribution in [3.63, 3.8) is 0 Å². The normalized spacial score (nSPS) is 23.4. The number of anilines is 2. The number of benzene rings is 2. The highest BCUT2D eigenvalue weighted by atomic mass is 35.5. The first kappa shape index (κ1) is 56.9. The maximum atomic E-state index is 11.6. The molecule has 77 heavy (non-hydrogen) atoms. The van der Waals surface area contributed by atoms with Gasteiger partial charge in [0.2, 0.25) is 0 Å². The van der Waals surface area contributed by atoms with Crippen LogP contribution in [0.25, 0.3) is 22.3 Å². The topological polar surface area (TPSA) is 164 Å². The molecule has 4 fully saturated rings. The van der Waals surface area contributed by atoms with Gasteiger partial charge in [0.1, 0.15) is 22.7 Å². The van der Waals surface area contributed by atoms with E-state index in [1.54, 1.807) is 12.1 Å². The summed E-state index contributed by atoms with van der Waals surface area (Å²) in [6.45, 7) is 22.2. The number of likely N-dealkylation sites (tertiary alicyclic amines) is 2. The lowest BCUT2D eigenvalue weighted by atomic mass is 9.74. The predicted molar refractivity (Wildman–Crippen MR) is 307 cm³/mol. The molecule has 8 heterocycles. The van der Waals surface area contributed by atoms with Gasteiger partial charge >= 0.3 is 11.9 Å². The molecule has 4 saturated heterocycles. The smallest absolute Gasteiger partial charge is 0.306 e. The van der Waals surface area contributed by atoms with Crippen LogP contribution in [0.2, 0.25) is 20.1 Å². The van der Waals surface area contributed by atoms with Gasteiger partial charge < -0.3 is 29.4 Å². The molecule has 0 radical (unpaired) electrons. The number of aryl methyl sites for hydroxylation is 2. The summed E-state index contributed by atoms with van der Waals surface area (Å²) >= 11 is 25.3. The molecule has 0 aliphatic carbocycles. The molecular formula is C57H74Cl4N12O4. The summed E-state index contributed by atoms with van der Waals surface area (Å²) in [5, 5.41) is 21.1. The number of aliphatic carboxylic acids is 1. The summed E-state index contributed by atoms with van der Waals surface area (Å²) in [6, 6.07) is 10.9. The van der Waals surface area contributed by atoms with Gasteiger partial charge in [0.25, 0.3) is 0 Å². The van der Waals surface area contributed by atoms with Crippen molar-refractivity contribution in [3.8, 4) is 0 Å². The molecule has 1 N–H and O–H groups in total. The van der Waals surface area contributed by atoms with Crippen LogP contribution in [-0.2, 0) is 14.3 Å². The maximum Gasteiger partial charge on any atom is 0.306 e. The number of piperidine rings is 4. The van der Waals surface area contributed by atoms with Crippen LogP contribution >= 0.6 is 46.4 Å². The number of methoxy groups -OCH3 is 1. The van der Waals surface area contributed by atoms with Crippen LogP contribution in [0.3, 0.4) is 0 Å². The average molecular weight is 1130 g/mol. The number of rotatable bonds is 14. The minimum Gasteiger partial charge on any atom is -0.481 e. The van der Waals surface area contributed by atoms with Crippen LogP contribution in [0, 0.1) is 49.4 Å². The molecule has 4 aliphatic heterocycles. The lowest BCUT2D eigenvalue weighted by Gasteiger charge is -2.44. The minimum absolute atomic E-state index is 0.117. The molecule has 4 aliphatic rings. The molecule has 2 aromatic carbocycles. The molecular weight excluding hydrogens is 1060 g/mol. The Bertz CT molecular complexity index is 3050. The van der Waals surface area contributed by atoms with Crippen LogP contribution in [0.4, 0.5) is 11.6 Å². The largest absolute Gasteiger partial charge is 0.481 e. The second-order valence-electron chi connectivity index (χ2n) is 22.2. The van der Waals surface area contributed by atoms with Gasteiger partial charge in [-0.15, -0.1) is 0 Å². The molecule has 10 rings (SSSR count). The van der Waals surface area contributed by atoms with Crippen molar-refractivity contribution in [1.29, 1.82) is 0 Å². The highest BCUT2D eigenvalue weighted by molar-refractivity contribution is 6.35. The Morgan fingerprint density at radius 3 is 1.49 bits per heavy atom. The Hall–Kier alpha value is -4.84. The monoisotopic (exact) mass is 1130 g/mol. The van der Waals surface area contributed by atoms with E-state index < -0.39 is 5.97 Å². The van der Waals surface area contributed by atoms with E-state index in [1.165, 1.54) is 26.4 Å². The highest BCUT2D eigenvalue weighted by Crippen LogP contribution is 2.39. The third-order valence-corrected chi connectivity index (χ3v) is 18.2. The van der Waals surface area contributed by atoms with Crippen LogP contribution in [0.15, 0.2) is 48.8 Å². The summed E-state index contributed by atoms with van der Waals surface area (Å²) in [4.78, 5) is 51.9. The molecule has 414 valence electrons. The van der Waals surface area contributed by atoms with E-state index >= 15 is 0 Å². The Morgan fingerprint density at radius 1 is 0.649 bits per heavy atom. The number of carbonyl (C=O) groups is 2. The molecule has 8 atom stereocenters. The molecule has 0 spiro atoms. The van der Waals surface area contributed by atoms with Gasteiger partial charge in [-0.3, -0.25) is 9.59 Å². The summed E-state index contributed by atoms with van der Waals surface area (Å²) < 4.78 is 8.68. The number of ether oxygens (including phenoxy) is 1. The van der Waals surface area contributed by atoms with Gasteiger partial charge in [0, 0.05) is 72.4 Å². The standard InChI is InChI=1S/C29H38Cl2N6O2.C28H36Cl2N6O2/c1-18-16-36(13-9-23(18)21-6-5-11-35(17-21)12-10-27(38)39-4)26-15-32-28-19(2)34-37(29(28)33-26)20(3)24-8-7-22(30)14-25(24)31;1-17-15-35(12-8-22(17)20-5-4-10-34(16-20)11-9-26(37)38)25-14-31-27-18(2)33-36(28(27)32-25)19(3)23-7-6-21(29)13-24(23)30/h7-8,14-15,18,20-21,23H,5-6,9-13,16-17H2,1-4H3;6-7,13-14,17,19-20,22H,4-5,8-12,15-16H2,1-3H3,(H,37,38)/t18?,20-,21?,23?;17?,19-,20?,22?/m11/s1. The SMILES string of the molecule is COC(=O)CCN1CCCC(C2CCN(c3cnc4c(C)nn([C@H](C)c5ccc(Cl)cc5Cl)c4n3)CC2C)C1.Cc1nn([C@H](C)c2ccc(Cl)cc2Cl)c2nc(N3CCC(C4CCCN(CCC(=O)O)C4)C(C)C3)cnc12. The number of halogens is 4. The molecule has 6 unspecified atom stereocenters. The van der Waals surface area contributed by atoms with Gasteiger partial charge in [-0.1, -0.05) is 72.4 Å². The van der Waals surface area contributed by atoms with Crippen molar-refractivity contribution in [3.05, 3.63) is 91.4 Å². The van der Waals surface area contributed by atoms with E-state index in [4.69, 9.17) is 86.4 Å². The first-order chi connectivity index (χ1) is 37.0. The molecule has 0 amide bonds. The molecule has 4 aromatic heterocycles. The number of carboxylic acid groups (broad SMARTS) is 1. The fourth-order valence-corrected chi connectivity index (χ4v) is 14.0. The maximum absolute atomic E-state index is 11.6. The summed E-state index contributed by atoms with van der Waals surface area (Å²) in [5.74, 6) is 4.58. The van der Waals surface area contributed by atoms with Gasteiger partial charge in [-0.05, 0) is 150 Å². The summed E-state index contributed by atoms with van der Waals surface area (Å²) in [7, 11) is 1.46. The van der Waals surface area contributed by atoms with E-state index in [-0.39, 0.29) is 24.5 Å². The lowest BCUT2D eigenvalue weighted by Crippen LogP contribution is -2.47. The molecule has 16 nitrogen and oxygen atoms in total. The van der Waals surface area contributed by atoms with Crippen LogP contribution in [0.5, 0.6) is 0 Å². The van der Waals surface area contributed by atoms with Crippen LogP contribution in [-0.4, -0.2) is 139 Å². The summed E-state index contributed by atoms with van der Waals surface area (Å²) in [5.41, 5.74) is 6.72. The molecule has 6 aromatic rings. The van der Waals surface area contributed by atoms with Crippen LogP contribution in [0.1, 0.15) is 114 Å². The number of aromatic nitrogens is 8. The van der Waals surface area contributed by atoms with Crippen molar-refractivity contribution in [2.24, 2.45) is 35.5 Å². The van der Waals surface area contributed by atoms with E-state index in [0.717, 1.165) is 135 Å². The predicted octanol–water partition coefficient (Wildman–Crippen LogP) is 11.5. The number of nitrogens with zero attached hydrogens (tertiary/aromatic N) is 12. The minimum atomic E-state index is -0.714. The fourth-order valence-electron chi connectivity index (χ4n) is 12.9. The van der Waals surface area contributed by atoms with Crippen molar-refractivity contribution in [2.75, 3.05) is 82.4 Å². The Morgan fingerprint density at radius 2 is 1.09 bits per heavy atom. The van der Waals surface area contributed by atoms with Gasteiger partial charge in [-0.2, -0.15) is 10.2 Å². The zero-order valence-electron chi connectivity index (χ0n) is 45.5. The third-order valence-electron chi connectivity index (χ3n) is 17.1. The van der Waals surface area contributed by atoms with E-state index in [0.29, 0.717) is 68.6 Å². The van der Waals surface area contributed by atoms with E-state index in [9.17, 15) is 9.59 Å². The second kappa shape index (κ2) is 25.1. The van der Waals surface area contributed by atoms with Gasteiger partial charge in [-0.25, -0.2) is 29.3 Å². The van der Waals surface area contributed by atoms with Crippen molar-refractivity contribution in [1.82, 2.24) is 49.3 Å². The van der Waals surface area contributed by atoms with Crippen molar-refractivity contribution in [2.45, 2.75) is 105 Å². The van der Waals surface area contributed by atoms with E-state index in [1.807, 2.05) is 59.9 Å². The number of hydrogen-bond donors (Lipinski definition) is 1. The first-order valence-corrected chi connectivity index (χ1v) is 29.0. The zero-order chi connectivity index (χ0) is 54.7. The highest BCUT2D eigenvalue weighted by Gasteiger charge is 2.37. The molecule has 0 bridgehead atoms. The number of fused-ring (bicyclic) bond motifs is 2. The van der Waals surface area contributed by atoms with E-state index in [2.05, 4.69) is 47.3 Å². The Balaban J connectivity index is 0.000000188. The van der Waals surface area contributed by atoms with Crippen molar-refractivity contribution < 1.29 is 19.4 Å². The van der Waals surface area contributed by atoms with Crippen molar-refractivity contribution >= 4 is 92.3 Å². The van der Waals surface area contributed by atoms with Gasteiger partial charge in [0.15, 0.2) is 11.3 Å². The van der Waals surface area contributed by atoms with Gasteiger partial charge in [0.05, 0.1) is 55.8 Å². The second-order valence-corrected chi connectivity index (χ2v) is 23.9. The third kappa shape index (κ3) is 13.1. The molecule has 20 heteroatoms. The number of carboxylic acids is 1. The fraction of sp³-hybridized carbons (Fsp3) is 0.579. The first-order valence-electron chi connectivity index (χ1n) is 27.5.